The summed E-state index contributed by atoms with van der Waals surface area (Å²) in [5.74, 6) is -0.322. The van der Waals surface area contributed by atoms with Gasteiger partial charge in [0.05, 0.1) is 16.4 Å². The van der Waals surface area contributed by atoms with E-state index >= 15 is 0 Å². The second-order valence-electron chi connectivity index (χ2n) is 4.35. The molecule has 0 aliphatic rings. The number of halogens is 1. The summed E-state index contributed by atoms with van der Waals surface area (Å²) >= 11 is 6.07. The summed E-state index contributed by atoms with van der Waals surface area (Å²) in [4.78, 5) is 27.3. The Kier molecular flexibility index (Phi) is 4.15. The maximum Gasteiger partial charge on any atom is 0.255 e. The highest BCUT2D eigenvalue weighted by atomic mass is 35.5. The van der Waals surface area contributed by atoms with Crippen LogP contribution in [0.3, 0.4) is 0 Å². The van der Waals surface area contributed by atoms with Gasteiger partial charge in [0.2, 0.25) is 0 Å². The lowest BCUT2D eigenvalue weighted by Gasteiger charge is -2.08. The summed E-state index contributed by atoms with van der Waals surface area (Å²) < 4.78 is 0. The standard InChI is InChI=1S/C15H13ClN2O2/c1-9-14(16)13(7-8-17-9)18-15(20)12-5-3-11(4-6-12)10(2)19/h3-8H,1-2H3,(H,17,18,20). The van der Waals surface area contributed by atoms with Crippen LogP contribution in [0.25, 0.3) is 0 Å². The number of benzene rings is 1. The zero-order valence-corrected chi connectivity index (χ0v) is 11.9. The Morgan fingerprint density at radius 3 is 2.30 bits per heavy atom. The van der Waals surface area contributed by atoms with Crippen LogP contribution < -0.4 is 5.32 Å². The molecule has 0 fully saturated rings. The van der Waals surface area contributed by atoms with Crippen LogP contribution >= 0.6 is 11.6 Å². The molecule has 2 rings (SSSR count). The van der Waals surface area contributed by atoms with Gasteiger partial charge in [-0.2, -0.15) is 0 Å². The van der Waals surface area contributed by atoms with Crippen molar-refractivity contribution in [1.29, 1.82) is 0 Å². The number of hydrogen-bond donors (Lipinski definition) is 1. The summed E-state index contributed by atoms with van der Waals surface area (Å²) in [5.41, 5.74) is 2.19. The molecule has 0 aliphatic heterocycles. The molecule has 0 radical (unpaired) electrons. The zero-order valence-electron chi connectivity index (χ0n) is 11.1. The maximum atomic E-state index is 12.1. The SMILES string of the molecule is CC(=O)c1ccc(C(=O)Nc2ccnc(C)c2Cl)cc1. The van der Waals surface area contributed by atoms with E-state index in [0.29, 0.717) is 27.5 Å². The first-order chi connectivity index (χ1) is 9.49. The summed E-state index contributed by atoms with van der Waals surface area (Å²) in [7, 11) is 0. The van der Waals surface area contributed by atoms with Gasteiger partial charge < -0.3 is 5.32 Å². The molecule has 4 nitrogen and oxygen atoms in total. The summed E-state index contributed by atoms with van der Waals surface area (Å²) in [6.07, 6.45) is 1.58. The highest BCUT2D eigenvalue weighted by Gasteiger charge is 2.10. The molecule has 1 N–H and O–H groups in total. The first-order valence-electron chi connectivity index (χ1n) is 6.02. The largest absolute Gasteiger partial charge is 0.321 e. The number of Topliss-reactive ketones (excluding diaryl/α,β-unsaturated/α-hetero) is 1. The molecule has 0 aliphatic carbocycles. The van der Waals surface area contributed by atoms with Crippen LogP contribution in [0.15, 0.2) is 36.5 Å². The number of hydrogen-bond acceptors (Lipinski definition) is 3. The second-order valence-corrected chi connectivity index (χ2v) is 4.72. The first-order valence-corrected chi connectivity index (χ1v) is 6.40. The highest BCUT2D eigenvalue weighted by Crippen LogP contribution is 2.23. The number of nitrogens with zero attached hydrogens (tertiary/aromatic N) is 1. The topological polar surface area (TPSA) is 59.1 Å². The molecule has 1 heterocycles. The number of rotatable bonds is 3. The summed E-state index contributed by atoms with van der Waals surface area (Å²) in [6, 6.07) is 8.09. The first kappa shape index (κ1) is 14.2. The lowest BCUT2D eigenvalue weighted by molar-refractivity contribution is 0.101. The fourth-order valence-electron chi connectivity index (χ4n) is 1.70. The van der Waals surface area contributed by atoms with E-state index in [0.717, 1.165) is 0 Å². The van der Waals surface area contributed by atoms with E-state index in [1.807, 2.05) is 0 Å². The van der Waals surface area contributed by atoms with Crippen LogP contribution in [0.5, 0.6) is 0 Å². The Bertz CT molecular complexity index is 666. The van der Waals surface area contributed by atoms with Crippen molar-refractivity contribution in [1.82, 2.24) is 4.98 Å². The summed E-state index contributed by atoms with van der Waals surface area (Å²) in [5, 5.41) is 3.14. The fraction of sp³-hybridized carbons (Fsp3) is 0.133. The summed E-state index contributed by atoms with van der Waals surface area (Å²) in [6.45, 7) is 3.24. The van der Waals surface area contributed by atoms with Gasteiger partial charge in [0.15, 0.2) is 5.78 Å². The lowest BCUT2D eigenvalue weighted by atomic mass is 10.1. The van der Waals surface area contributed by atoms with Crippen molar-refractivity contribution in [3.05, 3.63) is 58.4 Å². The molecular weight excluding hydrogens is 276 g/mol. The monoisotopic (exact) mass is 288 g/mol. The molecule has 0 atom stereocenters. The van der Waals surface area contributed by atoms with Gasteiger partial charge in [-0.3, -0.25) is 14.6 Å². The molecule has 1 amide bonds. The number of aromatic nitrogens is 1. The quantitative estimate of drug-likeness (QED) is 0.879. The molecule has 0 saturated carbocycles. The number of carbonyl (C=O) groups excluding carboxylic acids is 2. The van der Waals surface area contributed by atoms with Gasteiger partial charge in [0, 0.05) is 17.3 Å². The van der Waals surface area contributed by atoms with E-state index < -0.39 is 0 Å². The molecule has 1 aromatic heterocycles. The maximum absolute atomic E-state index is 12.1. The molecule has 1 aromatic carbocycles. The van der Waals surface area contributed by atoms with Crippen LogP contribution in [-0.2, 0) is 0 Å². The highest BCUT2D eigenvalue weighted by molar-refractivity contribution is 6.34. The predicted octanol–water partition coefficient (Wildman–Crippen LogP) is 3.50. The smallest absolute Gasteiger partial charge is 0.255 e. The molecule has 20 heavy (non-hydrogen) atoms. The zero-order chi connectivity index (χ0) is 14.7. The van der Waals surface area contributed by atoms with Crippen LogP contribution in [0.1, 0.15) is 33.3 Å². The van der Waals surface area contributed by atoms with Gasteiger partial charge in [-0.1, -0.05) is 23.7 Å². The number of carbonyl (C=O) groups is 2. The predicted molar refractivity (Wildman–Crippen MR) is 78.4 cm³/mol. The van der Waals surface area contributed by atoms with Gasteiger partial charge in [-0.05, 0) is 32.0 Å². The molecular formula is C15H13ClN2O2. The molecule has 0 bridgehead atoms. The lowest BCUT2D eigenvalue weighted by Crippen LogP contribution is -2.12. The fourth-order valence-corrected chi connectivity index (χ4v) is 1.85. The van der Waals surface area contributed by atoms with Crippen molar-refractivity contribution in [2.24, 2.45) is 0 Å². The third-order valence-corrected chi connectivity index (χ3v) is 3.34. The van der Waals surface area contributed by atoms with E-state index in [4.69, 9.17) is 11.6 Å². The number of amides is 1. The second kappa shape index (κ2) is 5.84. The van der Waals surface area contributed by atoms with Crippen LogP contribution in [0.4, 0.5) is 5.69 Å². The third kappa shape index (κ3) is 3.03. The average Bonchev–Trinajstić information content (AvgIpc) is 2.44. The van der Waals surface area contributed by atoms with Crippen LogP contribution in [0.2, 0.25) is 5.02 Å². The minimum absolute atomic E-state index is 0.0373. The minimum Gasteiger partial charge on any atom is -0.321 e. The normalized spacial score (nSPS) is 10.2. The number of ketones is 1. The van der Waals surface area contributed by atoms with Crippen LogP contribution in [-0.4, -0.2) is 16.7 Å². The van der Waals surface area contributed by atoms with Crippen molar-refractivity contribution < 1.29 is 9.59 Å². The van der Waals surface area contributed by atoms with Gasteiger partial charge in [0.25, 0.3) is 5.91 Å². The van der Waals surface area contributed by atoms with Crippen molar-refractivity contribution >= 4 is 29.0 Å². The third-order valence-electron chi connectivity index (χ3n) is 2.87. The molecule has 0 unspecified atom stereocenters. The molecule has 2 aromatic rings. The average molecular weight is 289 g/mol. The van der Waals surface area contributed by atoms with Gasteiger partial charge in [-0.25, -0.2) is 0 Å². The van der Waals surface area contributed by atoms with Crippen molar-refractivity contribution in [2.45, 2.75) is 13.8 Å². The Labute approximate surface area is 121 Å². The van der Waals surface area contributed by atoms with Crippen molar-refractivity contribution in [3.8, 4) is 0 Å². The van der Waals surface area contributed by atoms with E-state index in [1.165, 1.54) is 6.92 Å². The number of aryl methyl sites for hydroxylation is 1. The Hall–Kier alpha value is -2.20. The van der Waals surface area contributed by atoms with Crippen molar-refractivity contribution in [3.63, 3.8) is 0 Å². The Morgan fingerprint density at radius 2 is 1.70 bits per heavy atom. The Balaban J connectivity index is 2.20. The van der Waals surface area contributed by atoms with E-state index in [2.05, 4.69) is 10.3 Å². The van der Waals surface area contributed by atoms with E-state index in [-0.39, 0.29) is 11.7 Å². The molecule has 102 valence electrons. The van der Waals surface area contributed by atoms with Gasteiger partial charge in [-0.15, -0.1) is 0 Å². The minimum atomic E-state index is -0.285. The number of anilines is 1. The number of nitrogens with one attached hydrogen (secondary N) is 1. The molecule has 0 saturated heterocycles. The number of pyridine rings is 1. The van der Waals surface area contributed by atoms with E-state index in [1.54, 1.807) is 43.5 Å². The molecule has 5 heteroatoms. The van der Waals surface area contributed by atoms with Crippen LogP contribution in [0, 0.1) is 6.92 Å². The Morgan fingerprint density at radius 1 is 1.10 bits per heavy atom. The van der Waals surface area contributed by atoms with Gasteiger partial charge in [0.1, 0.15) is 0 Å². The van der Waals surface area contributed by atoms with E-state index in [9.17, 15) is 9.59 Å². The van der Waals surface area contributed by atoms with Gasteiger partial charge >= 0.3 is 0 Å². The van der Waals surface area contributed by atoms with Crippen molar-refractivity contribution in [2.75, 3.05) is 5.32 Å². The molecule has 0 spiro atoms.